The highest BCUT2D eigenvalue weighted by Gasteiger charge is 2.46. The molecule has 1 aromatic carbocycles. The first-order valence-electron chi connectivity index (χ1n) is 8.52. The normalized spacial score (nSPS) is 20.8. The summed E-state index contributed by atoms with van der Waals surface area (Å²) in [5.74, 6) is -0.336. The molecule has 0 amide bonds. The van der Waals surface area contributed by atoms with Gasteiger partial charge in [0, 0.05) is 5.57 Å². The van der Waals surface area contributed by atoms with Crippen LogP contribution in [0.1, 0.15) is 31.7 Å². The smallest absolute Gasteiger partial charge is 0.323 e. The molecule has 2 bridgehead atoms. The third kappa shape index (κ3) is 2.40. The first-order chi connectivity index (χ1) is 12.5. The number of carbonyl (C=O) groups is 1. The van der Waals surface area contributed by atoms with Crippen LogP contribution in [-0.4, -0.2) is 43.3 Å². The zero-order valence-corrected chi connectivity index (χ0v) is 14.5. The fraction of sp³-hybridized carbons (Fsp3) is 0.263. The molecule has 7 heteroatoms. The highest BCUT2D eigenvalue weighted by atomic mass is 16.4. The van der Waals surface area contributed by atoms with Gasteiger partial charge >= 0.3 is 5.97 Å². The molecule has 0 fully saturated rings. The van der Waals surface area contributed by atoms with Crippen molar-refractivity contribution >= 4 is 17.1 Å². The number of carboxylic acids is 1. The van der Waals surface area contributed by atoms with Crippen molar-refractivity contribution in [1.29, 1.82) is 0 Å². The third-order valence-corrected chi connectivity index (χ3v) is 5.17. The Morgan fingerprint density at radius 3 is 2.69 bits per heavy atom. The molecule has 2 atom stereocenters. The number of carboxylic acid groups (broad SMARTS) is 1. The zero-order chi connectivity index (χ0) is 18.3. The minimum Gasteiger partial charge on any atom is -0.480 e. The van der Waals surface area contributed by atoms with Crippen LogP contribution in [0.5, 0.6) is 0 Å². The average molecular weight is 349 g/mol. The summed E-state index contributed by atoms with van der Waals surface area (Å²) < 4.78 is 0. The number of hydrogen-bond acceptors (Lipinski definition) is 5. The van der Waals surface area contributed by atoms with Gasteiger partial charge in [0.2, 0.25) is 5.82 Å². The number of aliphatic carboxylic acids is 1. The summed E-state index contributed by atoms with van der Waals surface area (Å²) in [6, 6.07) is 9.84. The van der Waals surface area contributed by atoms with E-state index in [-0.39, 0.29) is 6.04 Å². The van der Waals surface area contributed by atoms with Crippen molar-refractivity contribution in [1.82, 2.24) is 25.9 Å². The number of allylic oxidation sites excluding steroid dienone is 2. The standard InChI is InChI=1S/C19H19N5O2/c1-3-19(2,18(25)26)20-16-13-10-9-12(11-7-5-4-6-8-11)14(16)15(13)17-21-23-24-22-17/h4-10,16,20H,3H2,1-2H3,(H,25,26)(H,21,22,23,24). The fourth-order valence-electron chi connectivity index (χ4n) is 3.42. The summed E-state index contributed by atoms with van der Waals surface area (Å²) in [5, 5.41) is 27.4. The molecule has 2 unspecified atom stereocenters. The molecule has 2 aromatic rings. The Hall–Kier alpha value is -3.06. The van der Waals surface area contributed by atoms with E-state index < -0.39 is 11.5 Å². The Balaban J connectivity index is 1.79. The van der Waals surface area contributed by atoms with E-state index in [1.165, 1.54) is 0 Å². The van der Waals surface area contributed by atoms with Gasteiger partial charge in [-0.3, -0.25) is 10.1 Å². The van der Waals surface area contributed by atoms with Crippen LogP contribution < -0.4 is 5.32 Å². The molecule has 132 valence electrons. The molecule has 0 saturated heterocycles. The average Bonchev–Trinajstić information content (AvgIpc) is 3.19. The maximum absolute atomic E-state index is 11.8. The van der Waals surface area contributed by atoms with Gasteiger partial charge in [0.05, 0.1) is 6.04 Å². The Morgan fingerprint density at radius 2 is 2.08 bits per heavy atom. The van der Waals surface area contributed by atoms with Gasteiger partial charge < -0.3 is 5.11 Å². The van der Waals surface area contributed by atoms with Crippen LogP contribution in [0.2, 0.25) is 0 Å². The van der Waals surface area contributed by atoms with Crippen LogP contribution in [-0.2, 0) is 4.79 Å². The van der Waals surface area contributed by atoms with Crippen molar-refractivity contribution in [3.05, 3.63) is 65.0 Å². The molecule has 2 aliphatic rings. The van der Waals surface area contributed by atoms with Crippen LogP contribution in [0, 0.1) is 0 Å². The molecule has 7 nitrogen and oxygen atoms in total. The molecule has 0 aliphatic heterocycles. The van der Waals surface area contributed by atoms with E-state index in [1.807, 2.05) is 43.3 Å². The number of aromatic nitrogens is 4. The van der Waals surface area contributed by atoms with Crippen molar-refractivity contribution in [2.75, 3.05) is 0 Å². The lowest BCUT2D eigenvalue weighted by atomic mass is 9.68. The summed E-state index contributed by atoms with van der Waals surface area (Å²) in [4.78, 5) is 11.8. The van der Waals surface area contributed by atoms with Gasteiger partial charge in [-0.25, -0.2) is 0 Å². The Labute approximate surface area is 150 Å². The molecular formula is C19H19N5O2. The first-order valence-corrected chi connectivity index (χ1v) is 8.52. The molecule has 1 heterocycles. The largest absolute Gasteiger partial charge is 0.480 e. The van der Waals surface area contributed by atoms with E-state index in [9.17, 15) is 9.90 Å². The van der Waals surface area contributed by atoms with Crippen molar-refractivity contribution in [2.24, 2.45) is 0 Å². The lowest BCUT2D eigenvalue weighted by Gasteiger charge is -2.43. The summed E-state index contributed by atoms with van der Waals surface area (Å²) in [5.41, 5.74) is 4.01. The monoisotopic (exact) mass is 349 g/mol. The van der Waals surface area contributed by atoms with Gasteiger partial charge in [0.25, 0.3) is 0 Å². The topological polar surface area (TPSA) is 104 Å². The van der Waals surface area contributed by atoms with Gasteiger partial charge in [-0.1, -0.05) is 49.4 Å². The van der Waals surface area contributed by atoms with Crippen LogP contribution in [0.15, 0.2) is 53.6 Å². The van der Waals surface area contributed by atoms with Crippen LogP contribution in [0.3, 0.4) is 0 Å². The van der Waals surface area contributed by atoms with Gasteiger partial charge in [0.15, 0.2) is 0 Å². The maximum Gasteiger partial charge on any atom is 0.323 e. The molecule has 0 spiro atoms. The molecule has 1 aromatic heterocycles. The first kappa shape index (κ1) is 16.4. The van der Waals surface area contributed by atoms with E-state index in [2.05, 4.69) is 32.0 Å². The minimum atomic E-state index is -1.02. The number of tetrazole rings is 1. The van der Waals surface area contributed by atoms with E-state index in [4.69, 9.17) is 0 Å². The van der Waals surface area contributed by atoms with E-state index in [0.29, 0.717) is 12.2 Å². The summed E-state index contributed by atoms with van der Waals surface area (Å²) in [7, 11) is 0. The van der Waals surface area contributed by atoms with Crippen LogP contribution in [0.4, 0.5) is 0 Å². The highest BCUT2D eigenvalue weighted by molar-refractivity contribution is 6.05. The number of nitrogens with one attached hydrogen (secondary N) is 2. The molecule has 4 rings (SSSR count). The van der Waals surface area contributed by atoms with E-state index in [1.54, 1.807) is 6.92 Å². The number of H-pyrrole nitrogens is 1. The maximum atomic E-state index is 11.8. The second-order valence-corrected chi connectivity index (χ2v) is 6.66. The molecule has 3 N–H and O–H groups in total. The second kappa shape index (κ2) is 6.03. The number of benzene rings is 1. The predicted octanol–water partition coefficient (Wildman–Crippen LogP) is 2.20. The number of nitrogens with zero attached hydrogens (tertiary/aromatic N) is 3. The van der Waals surface area contributed by atoms with E-state index >= 15 is 0 Å². The number of fused-ring (bicyclic) bond motifs is 2. The van der Waals surface area contributed by atoms with Crippen molar-refractivity contribution < 1.29 is 9.90 Å². The van der Waals surface area contributed by atoms with Gasteiger partial charge in [-0.05, 0) is 40.8 Å². The molecular weight excluding hydrogens is 330 g/mol. The number of aromatic amines is 1. The Morgan fingerprint density at radius 1 is 1.31 bits per heavy atom. The lowest BCUT2D eigenvalue weighted by Crippen LogP contribution is -2.57. The second-order valence-electron chi connectivity index (χ2n) is 6.66. The van der Waals surface area contributed by atoms with Crippen LogP contribution >= 0.6 is 0 Å². The van der Waals surface area contributed by atoms with Gasteiger partial charge in [0.1, 0.15) is 5.54 Å². The lowest BCUT2D eigenvalue weighted by molar-refractivity contribution is -0.144. The van der Waals surface area contributed by atoms with Crippen molar-refractivity contribution in [3.8, 4) is 0 Å². The molecule has 0 radical (unpaired) electrons. The highest BCUT2D eigenvalue weighted by Crippen LogP contribution is 2.50. The predicted molar refractivity (Wildman–Crippen MR) is 96.9 cm³/mol. The zero-order valence-electron chi connectivity index (χ0n) is 14.5. The van der Waals surface area contributed by atoms with Gasteiger partial charge in [-0.2, -0.15) is 5.21 Å². The van der Waals surface area contributed by atoms with Crippen molar-refractivity contribution in [2.45, 2.75) is 31.8 Å². The molecule has 2 aliphatic carbocycles. The minimum absolute atomic E-state index is 0.176. The summed E-state index contributed by atoms with van der Waals surface area (Å²) in [6.07, 6.45) is 4.55. The van der Waals surface area contributed by atoms with E-state index in [0.717, 1.165) is 27.9 Å². The number of hydrogen-bond donors (Lipinski definition) is 3. The Bertz CT molecular complexity index is 944. The third-order valence-electron chi connectivity index (χ3n) is 5.17. The number of rotatable bonds is 6. The summed E-state index contributed by atoms with van der Waals surface area (Å²) in [6.45, 7) is 3.58. The van der Waals surface area contributed by atoms with Crippen LogP contribution in [0.25, 0.3) is 11.1 Å². The quantitative estimate of drug-likeness (QED) is 0.739. The Kier molecular flexibility index (Phi) is 3.81. The van der Waals surface area contributed by atoms with Crippen molar-refractivity contribution in [3.63, 3.8) is 0 Å². The molecule has 26 heavy (non-hydrogen) atoms. The molecule has 0 saturated carbocycles. The summed E-state index contributed by atoms with van der Waals surface area (Å²) >= 11 is 0. The fourth-order valence-corrected chi connectivity index (χ4v) is 3.42. The van der Waals surface area contributed by atoms with Gasteiger partial charge in [-0.15, -0.1) is 10.2 Å². The SMILES string of the molecule is CCC(C)(NC1c2ccc(-c3ccccc3)c1c2-c1nn[nH]n1)C(=O)O.